The highest BCUT2D eigenvalue weighted by Crippen LogP contribution is 2.35. The lowest BCUT2D eigenvalue weighted by Crippen LogP contribution is -2.54. The molecule has 5 rings (SSSR count). The second kappa shape index (κ2) is 8.52. The number of carbonyl (C=O) groups is 1. The summed E-state index contributed by atoms with van der Waals surface area (Å²) in [4.78, 5) is 20.1. The molecule has 3 fully saturated rings. The van der Waals surface area contributed by atoms with E-state index in [1.165, 1.54) is 44.1 Å². The lowest BCUT2D eigenvalue weighted by molar-refractivity contribution is -0.139. The van der Waals surface area contributed by atoms with Crippen LogP contribution in [0.25, 0.3) is 0 Å². The van der Waals surface area contributed by atoms with Gasteiger partial charge in [-0.05, 0) is 49.3 Å². The zero-order valence-electron chi connectivity index (χ0n) is 17.4. The predicted octanol–water partition coefficient (Wildman–Crippen LogP) is 2.71. The Morgan fingerprint density at radius 3 is 2.55 bits per heavy atom. The Bertz CT molecular complexity index is 730. The fourth-order valence-corrected chi connectivity index (χ4v) is 5.62. The first-order valence-electron chi connectivity index (χ1n) is 11.4. The number of hydrogen-bond acceptors (Lipinski definition) is 5. The predicted molar refractivity (Wildman–Crippen MR) is 111 cm³/mol. The minimum atomic E-state index is 0.324. The number of piperidine rings is 1. The van der Waals surface area contributed by atoms with Gasteiger partial charge in [0.25, 0.3) is 0 Å². The third-order valence-corrected chi connectivity index (χ3v) is 7.23. The van der Waals surface area contributed by atoms with E-state index in [2.05, 4.69) is 26.8 Å². The van der Waals surface area contributed by atoms with Crippen LogP contribution in [0.5, 0.6) is 11.5 Å². The normalized spacial score (nSPS) is 27.7. The van der Waals surface area contributed by atoms with Gasteiger partial charge in [-0.3, -0.25) is 14.6 Å². The monoisotopic (exact) mass is 399 g/mol. The maximum atomic E-state index is 13.0. The van der Waals surface area contributed by atoms with Crippen LogP contribution >= 0.6 is 0 Å². The maximum Gasteiger partial charge on any atom is 0.237 e. The molecule has 0 radical (unpaired) electrons. The Kier molecular flexibility index (Phi) is 5.64. The minimum absolute atomic E-state index is 0.324. The molecule has 4 aliphatic rings. The topological polar surface area (TPSA) is 45.3 Å². The van der Waals surface area contributed by atoms with Crippen molar-refractivity contribution in [3.05, 3.63) is 23.8 Å². The first-order chi connectivity index (χ1) is 14.3. The number of hydrogen-bond donors (Lipinski definition) is 0. The summed E-state index contributed by atoms with van der Waals surface area (Å²) in [6, 6.07) is 6.75. The van der Waals surface area contributed by atoms with E-state index in [1.54, 1.807) is 0 Å². The molecule has 3 heterocycles. The largest absolute Gasteiger partial charge is 0.454 e. The van der Waals surface area contributed by atoms with Crippen LogP contribution in [0.4, 0.5) is 0 Å². The maximum absolute atomic E-state index is 13.0. The van der Waals surface area contributed by atoms with Crippen molar-refractivity contribution in [2.24, 2.45) is 5.92 Å². The molecule has 1 saturated carbocycles. The lowest BCUT2D eigenvalue weighted by Gasteiger charge is -2.45. The van der Waals surface area contributed by atoms with Crippen molar-refractivity contribution in [3.8, 4) is 11.5 Å². The number of nitrogens with zero attached hydrogens (tertiary/aromatic N) is 3. The van der Waals surface area contributed by atoms with E-state index in [0.29, 0.717) is 25.3 Å². The number of likely N-dealkylation sites (tertiary alicyclic amines) is 1. The molecule has 0 aromatic heterocycles. The van der Waals surface area contributed by atoms with E-state index in [0.717, 1.165) is 56.7 Å². The minimum Gasteiger partial charge on any atom is -0.454 e. The summed E-state index contributed by atoms with van der Waals surface area (Å²) < 4.78 is 10.9. The number of carbonyl (C=O) groups excluding carboxylic acids is 1. The first kappa shape index (κ1) is 19.2. The average Bonchev–Trinajstić information content (AvgIpc) is 3.22. The summed E-state index contributed by atoms with van der Waals surface area (Å²) >= 11 is 0. The summed E-state index contributed by atoms with van der Waals surface area (Å²) in [5.74, 6) is 2.83. The van der Waals surface area contributed by atoms with E-state index in [9.17, 15) is 4.79 Å². The van der Waals surface area contributed by atoms with Crippen LogP contribution in [0.15, 0.2) is 18.2 Å². The molecule has 0 unspecified atom stereocenters. The second-order valence-electron chi connectivity index (χ2n) is 9.08. The second-order valence-corrected chi connectivity index (χ2v) is 9.08. The lowest BCUT2D eigenvalue weighted by atomic mass is 9.78. The molecule has 1 aliphatic carbocycles. The molecule has 1 aromatic carbocycles. The van der Waals surface area contributed by atoms with Gasteiger partial charge in [-0.25, -0.2) is 0 Å². The van der Waals surface area contributed by atoms with Crippen LogP contribution in [-0.2, 0) is 11.3 Å². The van der Waals surface area contributed by atoms with Gasteiger partial charge in [-0.1, -0.05) is 18.9 Å². The van der Waals surface area contributed by atoms with Crippen molar-refractivity contribution < 1.29 is 14.3 Å². The molecule has 0 N–H and O–H groups in total. The van der Waals surface area contributed by atoms with Gasteiger partial charge >= 0.3 is 0 Å². The quantitative estimate of drug-likeness (QED) is 0.779. The molecular formula is C23H33N3O3. The molecule has 1 amide bonds. The molecular weight excluding hydrogens is 366 g/mol. The van der Waals surface area contributed by atoms with Crippen LogP contribution in [0, 0.1) is 5.92 Å². The standard InChI is InChI=1S/C23H33N3O3/c27-23(26-9-3-5-19-4-1-2-6-20(19)26)16-25-12-10-24(11-13-25)15-18-7-8-21-22(14-18)29-17-28-21/h7-8,14,19-20H,1-6,9-13,15-17H2/t19-,20+/m1/s1. The number of piperazine rings is 1. The van der Waals surface area contributed by atoms with Crippen molar-refractivity contribution in [2.45, 2.75) is 51.1 Å². The molecule has 2 saturated heterocycles. The summed E-state index contributed by atoms with van der Waals surface area (Å²) in [6.45, 7) is 6.78. The van der Waals surface area contributed by atoms with Crippen molar-refractivity contribution in [3.63, 3.8) is 0 Å². The zero-order chi connectivity index (χ0) is 19.6. The van der Waals surface area contributed by atoms with Crippen LogP contribution in [0.2, 0.25) is 0 Å². The van der Waals surface area contributed by atoms with Crippen molar-refractivity contribution >= 4 is 5.91 Å². The number of fused-ring (bicyclic) bond motifs is 2. The Balaban J connectivity index is 1.11. The molecule has 2 atom stereocenters. The third kappa shape index (κ3) is 4.24. The third-order valence-electron chi connectivity index (χ3n) is 7.23. The summed E-state index contributed by atoms with van der Waals surface area (Å²) in [5.41, 5.74) is 1.26. The highest BCUT2D eigenvalue weighted by atomic mass is 16.7. The zero-order valence-corrected chi connectivity index (χ0v) is 17.4. The van der Waals surface area contributed by atoms with Gasteiger partial charge in [-0.15, -0.1) is 0 Å². The molecule has 0 bridgehead atoms. The highest BCUT2D eigenvalue weighted by molar-refractivity contribution is 5.78. The van der Waals surface area contributed by atoms with Crippen molar-refractivity contribution in [1.82, 2.24) is 14.7 Å². The van der Waals surface area contributed by atoms with E-state index in [1.807, 2.05) is 6.07 Å². The van der Waals surface area contributed by atoms with Crippen LogP contribution < -0.4 is 9.47 Å². The fourth-order valence-electron chi connectivity index (χ4n) is 5.62. The van der Waals surface area contributed by atoms with Crippen LogP contribution in [0.3, 0.4) is 0 Å². The number of benzene rings is 1. The Morgan fingerprint density at radius 1 is 0.897 bits per heavy atom. The Hall–Kier alpha value is -1.79. The smallest absolute Gasteiger partial charge is 0.237 e. The summed E-state index contributed by atoms with van der Waals surface area (Å²) in [7, 11) is 0. The van der Waals surface area contributed by atoms with Gasteiger partial charge in [0, 0.05) is 45.3 Å². The van der Waals surface area contributed by atoms with Crippen molar-refractivity contribution in [2.75, 3.05) is 46.1 Å². The van der Waals surface area contributed by atoms with Gasteiger partial charge < -0.3 is 14.4 Å². The SMILES string of the molecule is O=C(CN1CCN(Cc2ccc3c(c2)OCO3)CC1)N1CCC[C@H]2CCCC[C@@H]21. The molecule has 29 heavy (non-hydrogen) atoms. The number of amides is 1. The molecule has 6 heteroatoms. The van der Waals surface area contributed by atoms with Crippen LogP contribution in [-0.4, -0.2) is 72.7 Å². The van der Waals surface area contributed by atoms with E-state index in [4.69, 9.17) is 9.47 Å². The summed E-state index contributed by atoms with van der Waals surface area (Å²) in [6.07, 6.45) is 7.72. The van der Waals surface area contributed by atoms with E-state index >= 15 is 0 Å². The van der Waals surface area contributed by atoms with Gasteiger partial charge in [0.2, 0.25) is 12.7 Å². The summed E-state index contributed by atoms with van der Waals surface area (Å²) in [5, 5.41) is 0. The molecule has 3 aliphatic heterocycles. The molecule has 1 aromatic rings. The van der Waals surface area contributed by atoms with Crippen LogP contribution in [0.1, 0.15) is 44.1 Å². The molecule has 0 spiro atoms. The average molecular weight is 400 g/mol. The molecule has 158 valence electrons. The van der Waals surface area contributed by atoms with Crippen molar-refractivity contribution in [1.29, 1.82) is 0 Å². The van der Waals surface area contributed by atoms with Gasteiger partial charge in [0.15, 0.2) is 11.5 Å². The number of rotatable bonds is 4. The Labute approximate surface area is 173 Å². The fraction of sp³-hybridized carbons (Fsp3) is 0.696. The van der Waals surface area contributed by atoms with Gasteiger partial charge in [0.1, 0.15) is 0 Å². The Morgan fingerprint density at radius 2 is 1.66 bits per heavy atom. The first-order valence-corrected chi connectivity index (χ1v) is 11.4. The number of ether oxygens (including phenoxy) is 2. The highest BCUT2D eigenvalue weighted by Gasteiger charge is 2.36. The van der Waals surface area contributed by atoms with Gasteiger partial charge in [0.05, 0.1) is 6.54 Å². The van der Waals surface area contributed by atoms with Gasteiger partial charge in [-0.2, -0.15) is 0 Å². The molecule has 6 nitrogen and oxygen atoms in total. The van der Waals surface area contributed by atoms with E-state index < -0.39 is 0 Å². The van der Waals surface area contributed by atoms with E-state index in [-0.39, 0.29) is 0 Å².